The lowest BCUT2D eigenvalue weighted by atomic mass is 9.67. The van der Waals surface area contributed by atoms with Crippen LogP contribution in [0.1, 0.15) is 97.7 Å². The zero-order valence-corrected chi connectivity index (χ0v) is 23.8. The maximum atomic E-state index is 13.2. The summed E-state index contributed by atoms with van der Waals surface area (Å²) >= 11 is 1.63. The fraction of sp³-hybridized carbons (Fsp3) is 0.759. The van der Waals surface area contributed by atoms with E-state index in [4.69, 9.17) is 5.11 Å². The Labute approximate surface area is 216 Å². The van der Waals surface area contributed by atoms with Crippen molar-refractivity contribution in [1.29, 1.82) is 0 Å². The molecule has 1 unspecified atom stereocenters. The van der Waals surface area contributed by atoms with Crippen LogP contribution in [0.3, 0.4) is 0 Å². The predicted molar refractivity (Wildman–Crippen MR) is 144 cm³/mol. The van der Waals surface area contributed by atoms with Gasteiger partial charge in [0, 0.05) is 23.1 Å². The Balaban J connectivity index is 1.74. The fourth-order valence-electron chi connectivity index (χ4n) is 5.24. The van der Waals surface area contributed by atoms with Gasteiger partial charge in [0.25, 0.3) is 0 Å². The molecule has 35 heavy (non-hydrogen) atoms. The number of aromatic nitrogens is 1. The van der Waals surface area contributed by atoms with E-state index >= 15 is 0 Å². The number of aliphatic hydroxyl groups excluding tert-OH is 1. The van der Waals surface area contributed by atoms with E-state index in [-0.39, 0.29) is 30.0 Å². The first-order chi connectivity index (χ1) is 16.2. The third-order valence-corrected chi connectivity index (χ3v) is 9.61. The number of aliphatic carboxylic acids is 1. The van der Waals surface area contributed by atoms with Crippen LogP contribution in [0, 0.1) is 47.8 Å². The van der Waals surface area contributed by atoms with E-state index < -0.39 is 17.5 Å². The van der Waals surface area contributed by atoms with Crippen molar-refractivity contribution < 1.29 is 19.8 Å². The molecule has 1 saturated carbocycles. The first-order valence-electron chi connectivity index (χ1n) is 13.3. The number of Topliss-reactive ketones (excluding diaryl/α,β-unsaturated/α-hetero) is 1. The van der Waals surface area contributed by atoms with E-state index in [2.05, 4.69) is 18.8 Å². The summed E-state index contributed by atoms with van der Waals surface area (Å²) in [6.45, 7) is 16.1. The highest BCUT2D eigenvalue weighted by molar-refractivity contribution is 7.09. The highest BCUT2D eigenvalue weighted by Gasteiger charge is 2.40. The van der Waals surface area contributed by atoms with Gasteiger partial charge in [-0.2, -0.15) is 0 Å². The molecular weight excluding hydrogens is 458 g/mol. The minimum atomic E-state index is -0.848. The highest BCUT2D eigenvalue weighted by Crippen LogP contribution is 2.46. The largest absolute Gasteiger partial charge is 0.481 e. The molecule has 1 heterocycles. The number of carbonyl (C=O) groups is 2. The molecule has 198 valence electrons. The number of nitrogens with zero attached hydrogens (tertiary/aromatic N) is 1. The Morgan fingerprint density at radius 3 is 2.46 bits per heavy atom. The third kappa shape index (κ3) is 8.52. The lowest BCUT2D eigenvalue weighted by Crippen LogP contribution is -2.39. The van der Waals surface area contributed by atoms with Crippen LogP contribution in [-0.2, 0) is 9.59 Å². The molecule has 0 saturated heterocycles. The molecule has 1 aliphatic carbocycles. The summed E-state index contributed by atoms with van der Waals surface area (Å²) in [4.78, 5) is 28.8. The lowest BCUT2D eigenvalue weighted by molar-refractivity contribution is -0.141. The van der Waals surface area contributed by atoms with Gasteiger partial charge in [0.1, 0.15) is 5.78 Å². The molecule has 6 heteroatoms. The number of carbonyl (C=O) groups excluding carboxylic acids is 1. The Hall–Kier alpha value is -1.53. The molecule has 0 aliphatic heterocycles. The van der Waals surface area contributed by atoms with Crippen LogP contribution in [0.25, 0.3) is 6.08 Å². The predicted octanol–water partition coefficient (Wildman–Crippen LogP) is 7.03. The summed E-state index contributed by atoms with van der Waals surface area (Å²) in [5.41, 5.74) is 1.29. The van der Waals surface area contributed by atoms with Gasteiger partial charge in [0.15, 0.2) is 0 Å². The molecule has 1 aliphatic rings. The van der Waals surface area contributed by atoms with E-state index in [9.17, 15) is 14.7 Å². The molecule has 7 atom stereocenters. The number of hydrogen-bond donors (Lipinski definition) is 2. The van der Waals surface area contributed by atoms with Crippen molar-refractivity contribution in [3.8, 4) is 0 Å². The maximum absolute atomic E-state index is 13.2. The molecule has 1 fully saturated rings. The van der Waals surface area contributed by atoms with Crippen LogP contribution in [-0.4, -0.2) is 33.1 Å². The molecule has 2 N–H and O–H groups in total. The number of carboxylic acids is 1. The number of hydrogen-bond acceptors (Lipinski definition) is 5. The molecule has 2 rings (SSSR count). The summed E-state index contributed by atoms with van der Waals surface area (Å²) in [7, 11) is 0. The maximum Gasteiger partial charge on any atom is 0.303 e. The summed E-state index contributed by atoms with van der Waals surface area (Å²) in [6, 6.07) is 0. The van der Waals surface area contributed by atoms with Crippen molar-refractivity contribution in [3.05, 3.63) is 21.7 Å². The monoisotopic (exact) mass is 505 g/mol. The molecule has 5 nitrogen and oxygen atoms in total. The van der Waals surface area contributed by atoms with Gasteiger partial charge >= 0.3 is 5.97 Å². The Morgan fingerprint density at radius 1 is 1.23 bits per heavy atom. The Kier molecular flexibility index (Phi) is 10.7. The number of aliphatic hydroxyl groups is 1. The summed E-state index contributed by atoms with van der Waals surface area (Å²) in [5, 5.41) is 22.8. The van der Waals surface area contributed by atoms with Gasteiger partial charge in [-0.15, -0.1) is 11.3 Å². The molecule has 1 aromatic rings. The van der Waals surface area contributed by atoms with Gasteiger partial charge < -0.3 is 10.2 Å². The third-order valence-electron chi connectivity index (χ3n) is 8.82. The van der Waals surface area contributed by atoms with Gasteiger partial charge in [-0.3, -0.25) is 9.59 Å². The minimum absolute atomic E-state index is 0.0203. The van der Waals surface area contributed by atoms with Gasteiger partial charge in [-0.25, -0.2) is 4.98 Å². The van der Waals surface area contributed by atoms with Crippen LogP contribution >= 0.6 is 11.3 Å². The van der Waals surface area contributed by atoms with Crippen LogP contribution in [0.5, 0.6) is 0 Å². The minimum Gasteiger partial charge on any atom is -0.481 e. The second-order valence-electron chi connectivity index (χ2n) is 11.8. The van der Waals surface area contributed by atoms with E-state index in [0.29, 0.717) is 17.8 Å². The summed E-state index contributed by atoms with van der Waals surface area (Å²) in [6.07, 6.45) is 7.09. The molecule has 0 radical (unpaired) electrons. The van der Waals surface area contributed by atoms with Crippen molar-refractivity contribution in [1.82, 2.24) is 4.98 Å². The number of rotatable bonds is 15. The second-order valence-corrected chi connectivity index (χ2v) is 12.9. The molecule has 1 aromatic heterocycles. The SMILES string of the molecule is C/C(=C\c1csc(C)n1)C(O)C[C@@H]1C[C@@H]1CCC[C@H](C)[C@H](C)[C@@H](C)C(=O)C(C)(C)[C@@H](C)CC(=O)O. The average molecular weight is 506 g/mol. The number of ketones is 1. The van der Waals surface area contributed by atoms with Crippen LogP contribution in [0.15, 0.2) is 11.0 Å². The van der Waals surface area contributed by atoms with Crippen molar-refractivity contribution in [3.63, 3.8) is 0 Å². The topological polar surface area (TPSA) is 87.5 Å². The Bertz CT molecular complexity index is 889. The second kappa shape index (κ2) is 12.6. The first-order valence-corrected chi connectivity index (χ1v) is 14.2. The molecule has 0 aromatic carbocycles. The summed E-state index contributed by atoms with van der Waals surface area (Å²) in [5.74, 6) is 1.07. The van der Waals surface area contributed by atoms with Gasteiger partial charge in [0.2, 0.25) is 0 Å². The van der Waals surface area contributed by atoms with Crippen molar-refractivity contribution >= 4 is 29.2 Å². The molecular formula is C29H47NO4S. The summed E-state index contributed by atoms with van der Waals surface area (Å²) < 4.78 is 0. The zero-order valence-electron chi connectivity index (χ0n) is 23.0. The fourth-order valence-corrected chi connectivity index (χ4v) is 5.81. The molecule has 0 amide bonds. The van der Waals surface area contributed by atoms with Crippen molar-refractivity contribution in [2.24, 2.45) is 40.9 Å². The highest BCUT2D eigenvalue weighted by atomic mass is 32.1. The van der Waals surface area contributed by atoms with Crippen LogP contribution in [0.4, 0.5) is 0 Å². The quantitative estimate of drug-likeness (QED) is 0.267. The van der Waals surface area contributed by atoms with Crippen molar-refractivity contribution in [2.45, 2.75) is 100 Å². The average Bonchev–Trinajstić information content (AvgIpc) is 3.38. The van der Waals surface area contributed by atoms with E-state index in [0.717, 1.165) is 35.5 Å². The number of carboxylic acid groups (broad SMARTS) is 1. The number of thiazole rings is 1. The van der Waals surface area contributed by atoms with Gasteiger partial charge in [-0.05, 0) is 67.9 Å². The smallest absolute Gasteiger partial charge is 0.303 e. The van der Waals surface area contributed by atoms with E-state index in [1.165, 1.54) is 12.8 Å². The van der Waals surface area contributed by atoms with Crippen molar-refractivity contribution in [2.75, 3.05) is 0 Å². The Morgan fingerprint density at radius 2 is 1.89 bits per heavy atom. The molecule has 0 spiro atoms. The first kappa shape index (κ1) is 29.7. The lowest BCUT2D eigenvalue weighted by Gasteiger charge is -2.35. The van der Waals surface area contributed by atoms with Crippen LogP contribution < -0.4 is 0 Å². The standard InChI is InChI=1S/C29H47NO4S/c1-17(20(4)21(5)28(34)29(7,8)19(3)13-27(32)33)10-9-11-23-14-24(23)15-26(31)18(2)12-25-16-35-22(6)30-25/h12,16-17,19-21,23-24,26,31H,9-11,13-15H2,1-8H3,(H,32,33)/b18-12+/t17-,19-,20-,21+,23-,24-,26?/m0/s1. The number of aryl methyl sites for hydroxylation is 1. The van der Waals surface area contributed by atoms with Gasteiger partial charge in [-0.1, -0.05) is 60.8 Å². The van der Waals surface area contributed by atoms with Gasteiger partial charge in [0.05, 0.1) is 16.8 Å². The van der Waals surface area contributed by atoms with E-state index in [1.54, 1.807) is 11.3 Å². The van der Waals surface area contributed by atoms with E-state index in [1.807, 2.05) is 53.0 Å². The van der Waals surface area contributed by atoms with Crippen LogP contribution in [0.2, 0.25) is 0 Å². The normalized spacial score (nSPS) is 22.8. The molecule has 0 bridgehead atoms. The zero-order chi connectivity index (χ0) is 26.5.